The number of carbonyl (C=O) groups is 1. The Hall–Kier alpha value is -3.42. The quantitative estimate of drug-likeness (QED) is 0.735. The molecule has 3 rings (SSSR count). The van der Waals surface area contributed by atoms with Crippen LogP contribution in [0.2, 0.25) is 0 Å². The van der Waals surface area contributed by atoms with Gasteiger partial charge < -0.3 is 10.1 Å². The van der Waals surface area contributed by atoms with Crippen LogP contribution in [0, 0.1) is 19.8 Å². The number of pyridine rings is 2. The van der Waals surface area contributed by atoms with Gasteiger partial charge in [0.2, 0.25) is 5.95 Å². The molecule has 0 aromatic carbocycles. The van der Waals surface area contributed by atoms with Gasteiger partial charge in [0.05, 0.1) is 12.4 Å². The lowest BCUT2D eigenvalue weighted by atomic mass is 10.2. The smallest absolute Gasteiger partial charge is 0.275 e. The third-order valence-electron chi connectivity index (χ3n) is 3.11. The van der Waals surface area contributed by atoms with Gasteiger partial charge in [0.25, 0.3) is 5.91 Å². The Kier molecular flexibility index (Phi) is 4.60. The van der Waals surface area contributed by atoms with Crippen LogP contribution in [0.1, 0.15) is 22.0 Å². The summed E-state index contributed by atoms with van der Waals surface area (Å²) in [5, 5.41) is 2.49. The average molecular weight is 339 g/mol. The molecule has 0 saturated heterocycles. The Morgan fingerprint density at radius 3 is 2.56 bits per heavy atom. The first-order valence-corrected chi connectivity index (χ1v) is 7.39. The fourth-order valence-electron chi connectivity index (χ4n) is 2.04. The molecular weight excluding hydrogens is 325 g/mol. The van der Waals surface area contributed by atoms with Crippen LogP contribution >= 0.6 is 0 Å². The summed E-state index contributed by atoms with van der Waals surface area (Å²) < 4.78 is 18.8. The second-order valence-electron chi connectivity index (χ2n) is 5.20. The van der Waals surface area contributed by atoms with Crippen LogP contribution in [0.4, 0.5) is 10.2 Å². The van der Waals surface area contributed by atoms with Gasteiger partial charge in [-0.2, -0.15) is 4.39 Å². The molecule has 0 unspecified atom stereocenters. The largest absolute Gasteiger partial charge is 0.454 e. The van der Waals surface area contributed by atoms with Crippen molar-refractivity contribution in [3.05, 3.63) is 65.9 Å². The Bertz CT molecular complexity index is 915. The number of ether oxygens (including phenoxy) is 1. The molecule has 1 amide bonds. The lowest BCUT2D eigenvalue weighted by Crippen LogP contribution is -2.15. The maximum Gasteiger partial charge on any atom is 0.275 e. The van der Waals surface area contributed by atoms with Crippen LogP contribution in [-0.4, -0.2) is 25.8 Å². The van der Waals surface area contributed by atoms with Crippen molar-refractivity contribution in [3.8, 4) is 11.5 Å². The van der Waals surface area contributed by atoms with E-state index in [1.807, 2.05) is 0 Å². The van der Waals surface area contributed by atoms with Gasteiger partial charge in [-0.25, -0.2) is 19.9 Å². The number of hydrogen-bond acceptors (Lipinski definition) is 6. The van der Waals surface area contributed by atoms with Crippen molar-refractivity contribution in [3.63, 3.8) is 0 Å². The zero-order chi connectivity index (χ0) is 17.8. The van der Waals surface area contributed by atoms with E-state index in [-0.39, 0.29) is 11.5 Å². The van der Waals surface area contributed by atoms with Crippen molar-refractivity contribution < 1.29 is 13.9 Å². The zero-order valence-electron chi connectivity index (χ0n) is 13.5. The number of aromatic nitrogens is 4. The molecule has 3 aromatic heterocycles. The minimum Gasteiger partial charge on any atom is -0.454 e. The number of rotatable bonds is 4. The van der Waals surface area contributed by atoms with E-state index in [0.29, 0.717) is 23.0 Å². The van der Waals surface area contributed by atoms with Crippen molar-refractivity contribution in [2.24, 2.45) is 0 Å². The van der Waals surface area contributed by atoms with Crippen LogP contribution < -0.4 is 10.1 Å². The summed E-state index contributed by atoms with van der Waals surface area (Å²) in [6.07, 6.45) is 3.07. The molecule has 0 saturated carbocycles. The second-order valence-corrected chi connectivity index (χ2v) is 5.20. The SMILES string of the molecule is Cc1cc(Oc2cnc(C)nc2)cc(C(=O)Nc2cccc(F)n2)n1. The van der Waals surface area contributed by atoms with E-state index in [2.05, 4.69) is 25.3 Å². The summed E-state index contributed by atoms with van der Waals surface area (Å²) in [4.78, 5) is 28.1. The zero-order valence-corrected chi connectivity index (χ0v) is 13.5. The molecule has 1 N–H and O–H groups in total. The first-order valence-electron chi connectivity index (χ1n) is 7.39. The summed E-state index contributed by atoms with van der Waals surface area (Å²) in [6, 6.07) is 7.28. The van der Waals surface area contributed by atoms with Crippen molar-refractivity contribution in [1.82, 2.24) is 19.9 Å². The van der Waals surface area contributed by atoms with Crippen molar-refractivity contribution in [2.45, 2.75) is 13.8 Å². The molecule has 25 heavy (non-hydrogen) atoms. The molecule has 0 aliphatic carbocycles. The van der Waals surface area contributed by atoms with E-state index in [0.717, 1.165) is 0 Å². The van der Waals surface area contributed by atoms with Crippen LogP contribution in [0.25, 0.3) is 0 Å². The number of hydrogen-bond donors (Lipinski definition) is 1. The fourth-order valence-corrected chi connectivity index (χ4v) is 2.04. The molecule has 126 valence electrons. The Morgan fingerprint density at radius 1 is 1.08 bits per heavy atom. The number of anilines is 1. The number of amides is 1. The van der Waals surface area contributed by atoms with Crippen LogP contribution in [0.15, 0.2) is 42.7 Å². The topological polar surface area (TPSA) is 89.9 Å². The Morgan fingerprint density at radius 2 is 1.84 bits per heavy atom. The number of nitrogens with zero attached hydrogens (tertiary/aromatic N) is 4. The highest BCUT2D eigenvalue weighted by Gasteiger charge is 2.12. The lowest BCUT2D eigenvalue weighted by molar-refractivity contribution is 0.102. The van der Waals surface area contributed by atoms with E-state index in [4.69, 9.17) is 4.74 Å². The van der Waals surface area contributed by atoms with E-state index in [1.165, 1.54) is 36.7 Å². The normalized spacial score (nSPS) is 10.4. The summed E-state index contributed by atoms with van der Waals surface area (Å²) in [7, 11) is 0. The third kappa shape index (κ3) is 4.31. The number of carbonyl (C=O) groups excluding carboxylic acids is 1. The maximum absolute atomic E-state index is 13.1. The third-order valence-corrected chi connectivity index (χ3v) is 3.11. The van der Waals surface area contributed by atoms with Gasteiger partial charge in [0.1, 0.15) is 23.1 Å². The van der Waals surface area contributed by atoms with E-state index in [1.54, 1.807) is 19.9 Å². The van der Waals surface area contributed by atoms with Gasteiger partial charge in [-0.15, -0.1) is 0 Å². The van der Waals surface area contributed by atoms with E-state index in [9.17, 15) is 9.18 Å². The maximum atomic E-state index is 13.1. The molecular formula is C17H14FN5O2. The fraction of sp³-hybridized carbons (Fsp3) is 0.118. The highest BCUT2D eigenvalue weighted by Crippen LogP contribution is 2.22. The average Bonchev–Trinajstić information content (AvgIpc) is 2.56. The Balaban J connectivity index is 1.80. The predicted molar refractivity (Wildman–Crippen MR) is 88.0 cm³/mol. The van der Waals surface area contributed by atoms with Crippen LogP contribution in [0.3, 0.4) is 0 Å². The standard InChI is InChI=1S/C17H14FN5O2/c1-10-6-12(25-13-8-19-11(2)20-9-13)7-14(21-10)17(24)23-16-5-3-4-15(18)22-16/h3-9H,1-2H3,(H,22,23,24). The molecule has 0 bridgehead atoms. The van der Waals surface area contributed by atoms with Gasteiger partial charge in [-0.05, 0) is 26.0 Å². The minimum absolute atomic E-state index is 0.0997. The summed E-state index contributed by atoms with van der Waals surface area (Å²) in [5.41, 5.74) is 0.706. The number of halogens is 1. The van der Waals surface area contributed by atoms with Crippen molar-refractivity contribution in [2.75, 3.05) is 5.32 Å². The molecule has 0 aliphatic heterocycles. The monoisotopic (exact) mass is 339 g/mol. The van der Waals surface area contributed by atoms with E-state index < -0.39 is 11.9 Å². The molecule has 0 radical (unpaired) electrons. The van der Waals surface area contributed by atoms with E-state index >= 15 is 0 Å². The highest BCUT2D eigenvalue weighted by atomic mass is 19.1. The van der Waals surface area contributed by atoms with Crippen molar-refractivity contribution >= 4 is 11.7 Å². The first kappa shape index (κ1) is 16.4. The van der Waals surface area contributed by atoms with Crippen LogP contribution in [-0.2, 0) is 0 Å². The molecule has 0 fully saturated rings. The highest BCUT2D eigenvalue weighted by molar-refractivity contribution is 6.02. The first-order chi connectivity index (χ1) is 12.0. The van der Waals surface area contributed by atoms with Crippen LogP contribution in [0.5, 0.6) is 11.5 Å². The summed E-state index contributed by atoms with van der Waals surface area (Å²) in [6.45, 7) is 3.50. The van der Waals surface area contributed by atoms with Crippen molar-refractivity contribution in [1.29, 1.82) is 0 Å². The van der Waals surface area contributed by atoms with Gasteiger partial charge in [-0.3, -0.25) is 4.79 Å². The molecule has 7 nitrogen and oxygen atoms in total. The molecule has 3 aromatic rings. The van der Waals surface area contributed by atoms with Gasteiger partial charge in [0.15, 0.2) is 5.75 Å². The Labute approximate surface area is 143 Å². The summed E-state index contributed by atoms with van der Waals surface area (Å²) in [5.74, 6) is 0.375. The summed E-state index contributed by atoms with van der Waals surface area (Å²) >= 11 is 0. The number of aryl methyl sites for hydroxylation is 2. The molecule has 0 aliphatic rings. The molecule has 3 heterocycles. The lowest BCUT2D eigenvalue weighted by Gasteiger charge is -2.09. The van der Waals surface area contributed by atoms with Gasteiger partial charge >= 0.3 is 0 Å². The minimum atomic E-state index is -0.682. The molecule has 8 heteroatoms. The second kappa shape index (κ2) is 7.00. The molecule has 0 atom stereocenters. The number of nitrogens with one attached hydrogen (secondary N) is 1. The van der Waals surface area contributed by atoms with Gasteiger partial charge in [0, 0.05) is 17.8 Å². The molecule has 0 spiro atoms. The predicted octanol–water partition coefficient (Wildman–Crippen LogP) is 3.07. The van der Waals surface area contributed by atoms with Gasteiger partial charge in [-0.1, -0.05) is 6.07 Å².